The number of likely N-dealkylation sites (N-methyl/N-ethyl adjacent to an activating group) is 1. The fraction of sp³-hybridized carbons (Fsp3) is 0.462. The van der Waals surface area contributed by atoms with Crippen molar-refractivity contribution in [1.29, 1.82) is 0 Å². The summed E-state index contributed by atoms with van der Waals surface area (Å²) in [6, 6.07) is 3.09. The molecule has 4 aliphatic carbocycles. The van der Waals surface area contributed by atoms with E-state index < -0.39 is 88.0 Å². The SMILES string of the molecule is C=C1c2cccc(O)c2C(=O)C2=C(O)[C@]3(O)C(=O)C(C(N)=O)C(O)[C@@H](N(C)C)[C@@H]3[C@@H](OC(=O)C3CC3)[C@H]12. The number of primary amides is 1. The summed E-state index contributed by atoms with van der Waals surface area (Å²) in [4.78, 5) is 53.9. The molecule has 0 saturated heterocycles. The van der Waals surface area contributed by atoms with Gasteiger partial charge in [-0.05, 0) is 44.1 Å². The van der Waals surface area contributed by atoms with E-state index in [0.717, 1.165) is 0 Å². The number of carbonyl (C=O) groups is 4. The van der Waals surface area contributed by atoms with Crippen LogP contribution >= 0.6 is 0 Å². The molecule has 37 heavy (non-hydrogen) atoms. The van der Waals surface area contributed by atoms with Crippen molar-refractivity contribution in [2.45, 2.75) is 36.7 Å². The molecule has 0 heterocycles. The molecule has 6 N–H and O–H groups in total. The van der Waals surface area contributed by atoms with Gasteiger partial charge in [-0.2, -0.15) is 0 Å². The number of ketones is 2. The van der Waals surface area contributed by atoms with Gasteiger partial charge in [-0.3, -0.25) is 19.2 Å². The number of hydrogen-bond donors (Lipinski definition) is 5. The van der Waals surface area contributed by atoms with E-state index in [1.165, 1.54) is 37.2 Å². The number of ether oxygens (including phenoxy) is 1. The van der Waals surface area contributed by atoms with Gasteiger partial charge < -0.3 is 35.8 Å². The number of carbonyl (C=O) groups excluding carboxylic acids is 4. The summed E-state index contributed by atoms with van der Waals surface area (Å²) in [5.74, 6) is -10.5. The van der Waals surface area contributed by atoms with Gasteiger partial charge in [0.2, 0.25) is 5.91 Å². The number of phenols is 1. The first-order chi connectivity index (χ1) is 17.3. The molecule has 1 amide bonds. The van der Waals surface area contributed by atoms with Crippen molar-refractivity contribution in [2.24, 2.45) is 29.4 Å². The van der Waals surface area contributed by atoms with E-state index in [1.807, 2.05) is 0 Å². The van der Waals surface area contributed by atoms with Crippen molar-refractivity contribution in [2.75, 3.05) is 14.1 Å². The molecule has 0 bridgehead atoms. The molecule has 0 spiro atoms. The smallest absolute Gasteiger partial charge is 0.309 e. The van der Waals surface area contributed by atoms with Gasteiger partial charge in [0.05, 0.1) is 35.0 Å². The molecule has 0 radical (unpaired) electrons. The highest BCUT2D eigenvalue weighted by Gasteiger charge is 2.70. The van der Waals surface area contributed by atoms with Gasteiger partial charge in [-0.25, -0.2) is 0 Å². The molecule has 2 saturated carbocycles. The molecular weight excluding hydrogens is 484 g/mol. The number of nitrogens with zero attached hydrogens (tertiary/aromatic N) is 1. The van der Waals surface area contributed by atoms with Gasteiger partial charge in [-0.1, -0.05) is 18.7 Å². The summed E-state index contributed by atoms with van der Waals surface area (Å²) in [5, 5.41) is 45.0. The second-order valence-corrected chi connectivity index (χ2v) is 10.5. The monoisotopic (exact) mass is 512 g/mol. The average molecular weight is 513 g/mol. The van der Waals surface area contributed by atoms with Gasteiger partial charge in [0.15, 0.2) is 17.2 Å². The van der Waals surface area contributed by atoms with Gasteiger partial charge in [-0.15, -0.1) is 0 Å². The average Bonchev–Trinajstić information content (AvgIpc) is 3.66. The van der Waals surface area contributed by atoms with Crippen LogP contribution < -0.4 is 5.73 Å². The summed E-state index contributed by atoms with van der Waals surface area (Å²) in [7, 11) is 3.04. The van der Waals surface area contributed by atoms with Gasteiger partial charge in [0, 0.05) is 6.04 Å². The van der Waals surface area contributed by atoms with Crippen LogP contribution in [0.4, 0.5) is 0 Å². The Labute approximate surface area is 211 Å². The van der Waals surface area contributed by atoms with Crippen molar-refractivity contribution in [3.8, 4) is 5.75 Å². The van der Waals surface area contributed by atoms with E-state index in [1.54, 1.807) is 0 Å². The van der Waals surface area contributed by atoms with E-state index in [0.29, 0.717) is 12.8 Å². The van der Waals surface area contributed by atoms with Crippen LogP contribution in [-0.2, 0) is 19.1 Å². The van der Waals surface area contributed by atoms with Crippen LogP contribution in [0.25, 0.3) is 5.57 Å². The van der Waals surface area contributed by atoms with E-state index in [9.17, 15) is 39.6 Å². The zero-order valence-electron chi connectivity index (χ0n) is 20.2. The van der Waals surface area contributed by atoms with Crippen LogP contribution in [0.3, 0.4) is 0 Å². The summed E-state index contributed by atoms with van der Waals surface area (Å²) < 4.78 is 5.88. The lowest BCUT2D eigenvalue weighted by atomic mass is 9.54. The fourth-order valence-electron chi connectivity index (χ4n) is 6.23. The number of aliphatic hydroxyl groups is 3. The quantitative estimate of drug-likeness (QED) is 0.264. The number of esters is 1. The fourth-order valence-corrected chi connectivity index (χ4v) is 6.23. The lowest BCUT2D eigenvalue weighted by Crippen LogP contribution is -2.74. The summed E-state index contributed by atoms with van der Waals surface area (Å²) in [5.41, 5.74) is 2.30. The minimum Gasteiger partial charge on any atom is -0.508 e. The van der Waals surface area contributed by atoms with Crippen molar-refractivity contribution < 1.29 is 44.3 Å². The highest BCUT2D eigenvalue weighted by molar-refractivity contribution is 6.19. The maximum absolute atomic E-state index is 13.7. The lowest BCUT2D eigenvalue weighted by molar-refractivity contribution is -0.201. The number of rotatable bonds is 4. The molecule has 5 rings (SSSR count). The summed E-state index contributed by atoms with van der Waals surface area (Å²) in [6.07, 6.45) is -1.99. The van der Waals surface area contributed by atoms with Crippen molar-refractivity contribution in [3.63, 3.8) is 0 Å². The Bertz CT molecular complexity index is 1300. The Morgan fingerprint density at radius 2 is 1.84 bits per heavy atom. The Balaban J connectivity index is 1.81. The molecule has 1 aromatic rings. The Kier molecular flexibility index (Phi) is 5.59. The third-order valence-electron chi connectivity index (χ3n) is 8.11. The molecule has 4 aliphatic rings. The predicted molar refractivity (Wildman–Crippen MR) is 127 cm³/mol. The number of aromatic hydroxyl groups is 1. The Morgan fingerprint density at radius 3 is 2.41 bits per heavy atom. The van der Waals surface area contributed by atoms with Crippen LogP contribution in [-0.4, -0.2) is 86.7 Å². The topological polar surface area (TPSA) is 188 Å². The normalized spacial score (nSPS) is 35.1. The van der Waals surface area contributed by atoms with E-state index in [2.05, 4.69) is 6.58 Å². The predicted octanol–water partition coefficient (Wildman–Crippen LogP) is -0.312. The second kappa shape index (κ2) is 8.23. The number of amides is 1. The zero-order valence-corrected chi connectivity index (χ0v) is 20.2. The second-order valence-electron chi connectivity index (χ2n) is 10.5. The number of hydrogen-bond acceptors (Lipinski definition) is 10. The molecule has 1 aromatic carbocycles. The summed E-state index contributed by atoms with van der Waals surface area (Å²) >= 11 is 0. The summed E-state index contributed by atoms with van der Waals surface area (Å²) in [6.45, 7) is 4.06. The van der Waals surface area contributed by atoms with Gasteiger partial charge >= 0.3 is 5.97 Å². The molecule has 7 atom stereocenters. The zero-order chi connectivity index (χ0) is 27.1. The van der Waals surface area contributed by atoms with E-state index in [-0.39, 0.29) is 16.7 Å². The first-order valence-corrected chi connectivity index (χ1v) is 11.9. The number of nitrogens with two attached hydrogens (primary N) is 1. The molecule has 0 aromatic heterocycles. The van der Waals surface area contributed by atoms with Gasteiger partial charge in [0.25, 0.3) is 0 Å². The molecule has 0 aliphatic heterocycles. The first-order valence-electron chi connectivity index (χ1n) is 11.9. The Morgan fingerprint density at radius 1 is 1.19 bits per heavy atom. The molecule has 11 heteroatoms. The Hall–Kier alpha value is -3.54. The highest BCUT2D eigenvalue weighted by Crippen LogP contribution is 2.56. The van der Waals surface area contributed by atoms with Crippen molar-refractivity contribution >= 4 is 29.0 Å². The van der Waals surface area contributed by atoms with E-state index in [4.69, 9.17) is 10.5 Å². The molecule has 11 nitrogen and oxygen atoms in total. The molecule has 2 unspecified atom stereocenters. The van der Waals surface area contributed by atoms with Crippen LogP contribution in [0.5, 0.6) is 5.75 Å². The molecular formula is C26H28N2O9. The van der Waals surface area contributed by atoms with Crippen molar-refractivity contribution in [3.05, 3.63) is 47.2 Å². The van der Waals surface area contributed by atoms with Gasteiger partial charge in [0.1, 0.15) is 23.5 Å². The minimum absolute atomic E-state index is 0.196. The van der Waals surface area contributed by atoms with Crippen LogP contribution in [0.1, 0.15) is 28.8 Å². The van der Waals surface area contributed by atoms with Crippen LogP contribution in [0, 0.1) is 23.7 Å². The minimum atomic E-state index is -2.91. The van der Waals surface area contributed by atoms with Crippen LogP contribution in [0.2, 0.25) is 0 Å². The number of phenolic OH excluding ortho intramolecular Hbond substituents is 1. The lowest BCUT2D eigenvalue weighted by Gasteiger charge is -2.56. The number of Topliss-reactive ketones (excluding diaryl/α,β-unsaturated/α-hetero) is 2. The molecule has 196 valence electrons. The largest absolute Gasteiger partial charge is 0.508 e. The highest BCUT2D eigenvalue weighted by atomic mass is 16.5. The standard InChI is InChI=1S/C26H28N2O9/c1-9-11-5-4-6-12(29)14(11)19(30)15-13(9)21(37-25(35)10-7-8-10)17-18(28(2)3)20(31)16(24(27)34)23(33)26(17,36)22(15)32/h4-6,10,13,16-18,20-21,29,31-32,36H,1,7-8H2,2-3H3,(H2,27,34)/t13-,16?,17-,18+,20?,21+,26+/m1/s1. The van der Waals surface area contributed by atoms with Crippen LogP contribution in [0.15, 0.2) is 36.1 Å². The number of benzene rings is 1. The van der Waals surface area contributed by atoms with E-state index >= 15 is 0 Å². The van der Waals surface area contributed by atoms with Crippen molar-refractivity contribution in [1.82, 2.24) is 4.90 Å². The first kappa shape index (κ1) is 25.1. The third kappa shape index (κ3) is 3.30. The maximum Gasteiger partial charge on any atom is 0.309 e. The number of fused-ring (bicyclic) bond motifs is 3. The number of aliphatic hydroxyl groups excluding tert-OH is 2. The third-order valence-corrected chi connectivity index (χ3v) is 8.11. The molecule has 2 fully saturated rings. The maximum atomic E-state index is 13.7.